The Bertz CT molecular complexity index is 315. The zero-order valence-electron chi connectivity index (χ0n) is 13.0. The Morgan fingerprint density at radius 2 is 1.53 bits per heavy atom. The zero-order chi connectivity index (χ0) is 13.9. The maximum Gasteiger partial charge on any atom is 0.0317 e. The van der Waals surface area contributed by atoms with Gasteiger partial charge in [-0.05, 0) is 31.9 Å². The van der Waals surface area contributed by atoms with Crippen LogP contribution in [0.25, 0.3) is 0 Å². The number of aryl methyl sites for hydroxylation is 1. The molecule has 0 bridgehead atoms. The predicted molar refractivity (Wildman–Crippen MR) is 85.6 cm³/mol. The fraction of sp³-hybridized carbons (Fsp3) is 0.667. The molecular formula is C18H31N. The molecule has 19 heavy (non-hydrogen) atoms. The van der Waals surface area contributed by atoms with Crippen molar-refractivity contribution in [1.29, 1.82) is 0 Å². The molecule has 1 atom stereocenters. The molecule has 0 aliphatic rings. The number of unbranched alkanes of at least 4 members (excludes halogenated alkanes) is 5. The third-order valence-corrected chi connectivity index (χ3v) is 3.81. The Hall–Kier alpha value is -0.820. The molecule has 1 N–H and O–H groups in total. The van der Waals surface area contributed by atoms with Gasteiger partial charge < -0.3 is 5.32 Å². The molecule has 0 aliphatic carbocycles. The first-order chi connectivity index (χ1) is 9.27. The lowest BCUT2D eigenvalue weighted by Crippen LogP contribution is -2.21. The van der Waals surface area contributed by atoms with Gasteiger partial charge in [0.05, 0.1) is 0 Å². The number of hydrogen-bond acceptors (Lipinski definition) is 1. The van der Waals surface area contributed by atoms with E-state index in [4.69, 9.17) is 0 Å². The van der Waals surface area contributed by atoms with Gasteiger partial charge in [-0.3, -0.25) is 0 Å². The third-order valence-electron chi connectivity index (χ3n) is 3.81. The summed E-state index contributed by atoms with van der Waals surface area (Å²) in [6.45, 7) is 7.83. The predicted octanol–water partition coefficient (Wildman–Crippen LogP) is 5.40. The fourth-order valence-electron chi connectivity index (χ4n) is 2.48. The quantitative estimate of drug-likeness (QED) is 0.556. The zero-order valence-corrected chi connectivity index (χ0v) is 13.0. The maximum atomic E-state index is 3.70. The van der Waals surface area contributed by atoms with Crippen LogP contribution in [0.2, 0.25) is 0 Å². The van der Waals surface area contributed by atoms with Gasteiger partial charge in [-0.25, -0.2) is 0 Å². The van der Waals surface area contributed by atoms with Crippen molar-refractivity contribution in [1.82, 2.24) is 5.32 Å². The van der Waals surface area contributed by atoms with Crippen LogP contribution in [0.3, 0.4) is 0 Å². The molecule has 0 saturated heterocycles. The Morgan fingerprint density at radius 1 is 0.895 bits per heavy atom. The molecule has 0 fully saturated rings. The molecule has 1 unspecified atom stereocenters. The van der Waals surface area contributed by atoms with E-state index in [9.17, 15) is 0 Å². The summed E-state index contributed by atoms with van der Waals surface area (Å²) in [6.07, 6.45) is 9.39. The topological polar surface area (TPSA) is 12.0 Å². The van der Waals surface area contributed by atoms with Crippen molar-refractivity contribution in [3.8, 4) is 0 Å². The van der Waals surface area contributed by atoms with Gasteiger partial charge in [-0.15, -0.1) is 0 Å². The highest BCUT2D eigenvalue weighted by Gasteiger charge is 2.07. The van der Waals surface area contributed by atoms with Gasteiger partial charge in [0.15, 0.2) is 0 Å². The van der Waals surface area contributed by atoms with Crippen LogP contribution in [0.1, 0.15) is 76.0 Å². The van der Waals surface area contributed by atoms with E-state index < -0.39 is 0 Å². The molecular weight excluding hydrogens is 230 g/mol. The molecule has 108 valence electrons. The van der Waals surface area contributed by atoms with Crippen LogP contribution >= 0.6 is 0 Å². The lowest BCUT2D eigenvalue weighted by molar-refractivity contribution is 0.493. The van der Waals surface area contributed by atoms with Crippen LogP contribution in [0.4, 0.5) is 0 Å². The molecule has 0 radical (unpaired) electrons. The van der Waals surface area contributed by atoms with E-state index in [1.807, 2.05) is 0 Å². The second kappa shape index (κ2) is 10.0. The minimum atomic E-state index is 0.524. The summed E-state index contributed by atoms with van der Waals surface area (Å²) in [5.74, 6) is 0. The molecule has 0 spiro atoms. The first kappa shape index (κ1) is 16.2. The summed E-state index contributed by atoms with van der Waals surface area (Å²) in [4.78, 5) is 0. The fourth-order valence-corrected chi connectivity index (χ4v) is 2.48. The first-order valence-corrected chi connectivity index (χ1v) is 8.07. The van der Waals surface area contributed by atoms with Gasteiger partial charge >= 0.3 is 0 Å². The first-order valence-electron chi connectivity index (χ1n) is 8.07. The number of rotatable bonds is 10. The van der Waals surface area contributed by atoms with Gasteiger partial charge in [0.25, 0.3) is 0 Å². The monoisotopic (exact) mass is 261 g/mol. The highest BCUT2D eigenvalue weighted by atomic mass is 14.9. The highest BCUT2D eigenvalue weighted by molar-refractivity contribution is 5.23. The van der Waals surface area contributed by atoms with Gasteiger partial charge in [-0.1, -0.05) is 75.8 Å². The van der Waals surface area contributed by atoms with Gasteiger partial charge in [0.2, 0.25) is 0 Å². The molecule has 1 aromatic carbocycles. The second-order valence-electron chi connectivity index (χ2n) is 5.59. The minimum absolute atomic E-state index is 0.524. The summed E-state index contributed by atoms with van der Waals surface area (Å²) in [5, 5.41) is 3.70. The smallest absolute Gasteiger partial charge is 0.0317 e. The van der Waals surface area contributed by atoms with Crippen LogP contribution < -0.4 is 5.32 Å². The summed E-state index contributed by atoms with van der Waals surface area (Å²) in [6, 6.07) is 9.47. The Labute approximate surface area is 119 Å². The van der Waals surface area contributed by atoms with Gasteiger partial charge in [0, 0.05) is 6.04 Å². The Kier molecular flexibility index (Phi) is 8.57. The molecule has 0 saturated carbocycles. The standard InChI is InChI=1S/C18H31N/c1-4-6-7-8-9-10-15-19-18(5-2)17-13-11-16(3)12-14-17/h11-14,18-19H,4-10,15H2,1-3H3. The SMILES string of the molecule is CCCCCCCCNC(CC)c1ccc(C)cc1. The Balaban J connectivity index is 2.20. The van der Waals surface area contributed by atoms with E-state index in [1.54, 1.807) is 0 Å². The van der Waals surface area contributed by atoms with Crippen molar-refractivity contribution in [3.63, 3.8) is 0 Å². The lowest BCUT2D eigenvalue weighted by Gasteiger charge is -2.17. The van der Waals surface area contributed by atoms with Crippen molar-refractivity contribution in [3.05, 3.63) is 35.4 Å². The third kappa shape index (κ3) is 6.77. The van der Waals surface area contributed by atoms with Gasteiger partial charge in [0.1, 0.15) is 0 Å². The second-order valence-corrected chi connectivity index (χ2v) is 5.59. The van der Waals surface area contributed by atoms with Crippen molar-refractivity contribution < 1.29 is 0 Å². The van der Waals surface area contributed by atoms with Crippen LogP contribution in [-0.2, 0) is 0 Å². The molecule has 1 nitrogen and oxygen atoms in total. The van der Waals surface area contributed by atoms with Crippen LogP contribution in [0.5, 0.6) is 0 Å². The van der Waals surface area contributed by atoms with Crippen molar-refractivity contribution in [2.24, 2.45) is 0 Å². The number of benzene rings is 1. The number of nitrogens with one attached hydrogen (secondary N) is 1. The van der Waals surface area contributed by atoms with Crippen LogP contribution in [0, 0.1) is 6.92 Å². The van der Waals surface area contributed by atoms with E-state index in [1.165, 1.54) is 56.1 Å². The number of hydrogen-bond donors (Lipinski definition) is 1. The van der Waals surface area contributed by atoms with E-state index in [0.29, 0.717) is 6.04 Å². The average molecular weight is 261 g/mol. The average Bonchev–Trinajstić information content (AvgIpc) is 2.43. The van der Waals surface area contributed by atoms with E-state index in [-0.39, 0.29) is 0 Å². The highest BCUT2D eigenvalue weighted by Crippen LogP contribution is 2.17. The molecule has 1 heteroatoms. The molecule has 0 aromatic heterocycles. The summed E-state index contributed by atoms with van der Waals surface area (Å²) < 4.78 is 0. The summed E-state index contributed by atoms with van der Waals surface area (Å²) in [5.41, 5.74) is 2.77. The largest absolute Gasteiger partial charge is 0.310 e. The normalized spacial score (nSPS) is 12.6. The minimum Gasteiger partial charge on any atom is -0.310 e. The molecule has 0 heterocycles. The lowest BCUT2D eigenvalue weighted by atomic mass is 10.0. The van der Waals surface area contributed by atoms with E-state index in [2.05, 4.69) is 50.4 Å². The van der Waals surface area contributed by atoms with Crippen LogP contribution in [0.15, 0.2) is 24.3 Å². The van der Waals surface area contributed by atoms with Crippen molar-refractivity contribution >= 4 is 0 Å². The molecule has 0 amide bonds. The Morgan fingerprint density at radius 3 is 2.16 bits per heavy atom. The molecule has 1 aromatic rings. The summed E-state index contributed by atoms with van der Waals surface area (Å²) in [7, 11) is 0. The van der Waals surface area contributed by atoms with Crippen LogP contribution in [-0.4, -0.2) is 6.54 Å². The van der Waals surface area contributed by atoms with Crippen molar-refractivity contribution in [2.45, 2.75) is 71.8 Å². The van der Waals surface area contributed by atoms with Gasteiger partial charge in [-0.2, -0.15) is 0 Å². The molecule has 0 aliphatic heterocycles. The summed E-state index contributed by atoms with van der Waals surface area (Å²) >= 11 is 0. The van der Waals surface area contributed by atoms with E-state index >= 15 is 0 Å². The van der Waals surface area contributed by atoms with Crippen molar-refractivity contribution in [2.75, 3.05) is 6.54 Å². The maximum absolute atomic E-state index is 3.70. The van der Waals surface area contributed by atoms with E-state index in [0.717, 1.165) is 6.54 Å². The molecule has 1 rings (SSSR count).